The minimum absolute atomic E-state index is 0.0120. The minimum atomic E-state index is 0.0120. The molecule has 0 saturated carbocycles. The van der Waals surface area contributed by atoms with E-state index < -0.39 is 0 Å². The smallest absolute Gasteiger partial charge is 0.253 e. The summed E-state index contributed by atoms with van der Waals surface area (Å²) in [5.41, 5.74) is 2.60. The normalized spacial score (nSPS) is 13.9. The number of hydrogen-bond acceptors (Lipinski definition) is 4. The first kappa shape index (κ1) is 23.3. The molecule has 0 unspecified atom stereocenters. The number of halogens is 2. The predicted molar refractivity (Wildman–Crippen MR) is 129 cm³/mol. The van der Waals surface area contributed by atoms with Crippen LogP contribution >= 0.6 is 23.2 Å². The summed E-state index contributed by atoms with van der Waals surface area (Å²) >= 11 is 12.2. The fourth-order valence-electron chi connectivity index (χ4n) is 3.84. The van der Waals surface area contributed by atoms with Gasteiger partial charge < -0.3 is 14.2 Å². The third-order valence-electron chi connectivity index (χ3n) is 5.83. The lowest BCUT2D eigenvalue weighted by molar-refractivity contribution is -0.132. The Labute approximate surface area is 203 Å². The van der Waals surface area contributed by atoms with E-state index in [0.29, 0.717) is 71.8 Å². The van der Waals surface area contributed by atoms with Gasteiger partial charge in [-0.25, -0.2) is 4.98 Å². The first-order valence-corrected chi connectivity index (χ1v) is 11.8. The molecule has 2 heterocycles. The van der Waals surface area contributed by atoms with E-state index >= 15 is 0 Å². The first-order valence-electron chi connectivity index (χ1n) is 11.0. The van der Waals surface area contributed by atoms with Gasteiger partial charge in [-0.05, 0) is 42.3 Å². The number of carbonyl (C=O) groups excluding carboxylic acids is 2. The van der Waals surface area contributed by atoms with Crippen LogP contribution in [-0.2, 0) is 17.6 Å². The molecular formula is C25H25Cl2N3O3. The van der Waals surface area contributed by atoms with Crippen LogP contribution in [0, 0.1) is 0 Å². The molecule has 1 fully saturated rings. The zero-order valence-corrected chi connectivity index (χ0v) is 19.9. The van der Waals surface area contributed by atoms with E-state index in [-0.39, 0.29) is 11.8 Å². The van der Waals surface area contributed by atoms with E-state index in [1.165, 1.54) is 5.56 Å². The monoisotopic (exact) mass is 485 g/mol. The van der Waals surface area contributed by atoms with E-state index in [4.69, 9.17) is 27.6 Å². The van der Waals surface area contributed by atoms with E-state index in [9.17, 15) is 9.59 Å². The summed E-state index contributed by atoms with van der Waals surface area (Å²) in [7, 11) is 0. The SMILES string of the molecule is CCc1ccc(C(=O)N2CCN(C(=O)CCc3ncc(-c4ccc(Cl)cc4Cl)o3)CC2)cc1. The first-order chi connectivity index (χ1) is 15.9. The Morgan fingerprint density at radius 3 is 2.36 bits per heavy atom. The summed E-state index contributed by atoms with van der Waals surface area (Å²) in [6.07, 6.45) is 3.24. The zero-order chi connectivity index (χ0) is 23.4. The molecule has 1 aliphatic heterocycles. The van der Waals surface area contributed by atoms with Crippen LogP contribution in [-0.4, -0.2) is 52.8 Å². The molecule has 0 spiro atoms. The standard InChI is InChI=1S/C25H25Cl2N3O3/c1-2-17-3-5-18(6-4-17)25(32)30-13-11-29(12-14-30)24(31)10-9-23-28-16-22(33-23)20-8-7-19(26)15-21(20)27/h3-8,15-16H,2,9-14H2,1H3. The molecule has 1 aromatic heterocycles. The van der Waals surface area contributed by atoms with E-state index in [1.807, 2.05) is 24.3 Å². The lowest BCUT2D eigenvalue weighted by Crippen LogP contribution is -2.50. The maximum Gasteiger partial charge on any atom is 0.253 e. The second kappa shape index (κ2) is 10.4. The highest BCUT2D eigenvalue weighted by atomic mass is 35.5. The number of benzene rings is 2. The second-order valence-electron chi connectivity index (χ2n) is 7.97. The highest BCUT2D eigenvalue weighted by Gasteiger charge is 2.25. The zero-order valence-electron chi connectivity index (χ0n) is 18.4. The van der Waals surface area contributed by atoms with Crippen LogP contribution in [0.15, 0.2) is 53.1 Å². The van der Waals surface area contributed by atoms with Crippen LogP contribution in [0.1, 0.15) is 35.2 Å². The Kier molecular flexibility index (Phi) is 7.36. The van der Waals surface area contributed by atoms with Crippen LogP contribution in [0.3, 0.4) is 0 Å². The van der Waals surface area contributed by atoms with Crippen molar-refractivity contribution in [3.05, 3.63) is 75.7 Å². The molecule has 4 rings (SSSR count). The molecular weight excluding hydrogens is 461 g/mol. The van der Waals surface area contributed by atoms with Gasteiger partial charge in [0.1, 0.15) is 0 Å². The number of carbonyl (C=O) groups is 2. The van der Waals surface area contributed by atoms with Gasteiger partial charge in [-0.1, -0.05) is 42.3 Å². The van der Waals surface area contributed by atoms with Gasteiger partial charge in [0.2, 0.25) is 5.91 Å². The molecule has 1 aliphatic rings. The molecule has 2 amide bonds. The Morgan fingerprint density at radius 1 is 1.00 bits per heavy atom. The summed E-state index contributed by atoms with van der Waals surface area (Å²) in [5.74, 6) is 1.06. The van der Waals surface area contributed by atoms with Gasteiger partial charge in [-0.3, -0.25) is 9.59 Å². The van der Waals surface area contributed by atoms with Crippen molar-refractivity contribution in [2.24, 2.45) is 0 Å². The van der Waals surface area contributed by atoms with Gasteiger partial charge in [0.25, 0.3) is 5.91 Å². The Morgan fingerprint density at radius 2 is 1.70 bits per heavy atom. The van der Waals surface area contributed by atoms with Crippen molar-refractivity contribution < 1.29 is 14.0 Å². The fourth-order valence-corrected chi connectivity index (χ4v) is 4.34. The minimum Gasteiger partial charge on any atom is -0.441 e. The summed E-state index contributed by atoms with van der Waals surface area (Å²) in [6, 6.07) is 12.9. The van der Waals surface area contributed by atoms with Gasteiger partial charge >= 0.3 is 0 Å². The lowest BCUT2D eigenvalue weighted by Gasteiger charge is -2.34. The molecule has 6 nitrogen and oxygen atoms in total. The number of hydrogen-bond donors (Lipinski definition) is 0. The number of piperazine rings is 1. The van der Waals surface area contributed by atoms with Gasteiger partial charge in [0.05, 0.1) is 11.2 Å². The Hall–Kier alpha value is -2.83. The van der Waals surface area contributed by atoms with Crippen molar-refractivity contribution in [3.8, 4) is 11.3 Å². The maximum atomic E-state index is 12.7. The number of rotatable bonds is 6. The number of oxazole rings is 1. The summed E-state index contributed by atoms with van der Waals surface area (Å²) in [5, 5.41) is 1.03. The molecule has 8 heteroatoms. The Bertz CT molecular complexity index is 1140. The number of nitrogens with zero attached hydrogens (tertiary/aromatic N) is 3. The second-order valence-corrected chi connectivity index (χ2v) is 8.81. The van der Waals surface area contributed by atoms with Crippen LogP contribution in [0.5, 0.6) is 0 Å². The molecule has 0 bridgehead atoms. The molecule has 0 aliphatic carbocycles. The number of amides is 2. The molecule has 0 N–H and O–H groups in total. The Balaban J connectivity index is 1.27. The van der Waals surface area contributed by atoms with Crippen molar-refractivity contribution in [2.75, 3.05) is 26.2 Å². The van der Waals surface area contributed by atoms with Gasteiger partial charge in [0, 0.05) is 55.2 Å². The van der Waals surface area contributed by atoms with Crippen LogP contribution in [0.4, 0.5) is 0 Å². The van der Waals surface area contributed by atoms with Crippen LogP contribution in [0.25, 0.3) is 11.3 Å². The number of aryl methyl sites for hydroxylation is 2. The quantitative estimate of drug-likeness (QED) is 0.485. The molecule has 3 aromatic rings. The van der Waals surface area contributed by atoms with Crippen molar-refractivity contribution in [2.45, 2.75) is 26.2 Å². The molecule has 0 atom stereocenters. The average molecular weight is 486 g/mol. The van der Waals surface area contributed by atoms with Gasteiger partial charge in [-0.15, -0.1) is 0 Å². The largest absolute Gasteiger partial charge is 0.441 e. The van der Waals surface area contributed by atoms with E-state index in [0.717, 1.165) is 6.42 Å². The van der Waals surface area contributed by atoms with Crippen molar-refractivity contribution in [1.82, 2.24) is 14.8 Å². The molecule has 1 saturated heterocycles. The van der Waals surface area contributed by atoms with Crippen molar-refractivity contribution in [3.63, 3.8) is 0 Å². The number of aromatic nitrogens is 1. The topological polar surface area (TPSA) is 66.7 Å². The van der Waals surface area contributed by atoms with Crippen LogP contribution < -0.4 is 0 Å². The van der Waals surface area contributed by atoms with Crippen molar-refractivity contribution in [1.29, 1.82) is 0 Å². The van der Waals surface area contributed by atoms with Gasteiger partial charge in [0.15, 0.2) is 11.7 Å². The average Bonchev–Trinajstić information content (AvgIpc) is 3.31. The summed E-state index contributed by atoms with van der Waals surface area (Å²) in [6.45, 7) is 4.18. The molecule has 33 heavy (non-hydrogen) atoms. The third kappa shape index (κ3) is 5.57. The molecule has 172 valence electrons. The maximum absolute atomic E-state index is 12.7. The van der Waals surface area contributed by atoms with Crippen LogP contribution in [0.2, 0.25) is 10.0 Å². The third-order valence-corrected chi connectivity index (χ3v) is 6.38. The highest BCUT2D eigenvalue weighted by molar-refractivity contribution is 6.36. The molecule has 0 radical (unpaired) electrons. The lowest BCUT2D eigenvalue weighted by atomic mass is 10.1. The highest BCUT2D eigenvalue weighted by Crippen LogP contribution is 2.31. The summed E-state index contributed by atoms with van der Waals surface area (Å²) < 4.78 is 5.78. The molecule has 2 aromatic carbocycles. The summed E-state index contributed by atoms with van der Waals surface area (Å²) in [4.78, 5) is 33.3. The van der Waals surface area contributed by atoms with Gasteiger partial charge in [-0.2, -0.15) is 0 Å². The van der Waals surface area contributed by atoms with E-state index in [1.54, 1.807) is 34.2 Å². The van der Waals surface area contributed by atoms with Crippen molar-refractivity contribution >= 4 is 35.0 Å². The van der Waals surface area contributed by atoms with E-state index in [2.05, 4.69) is 11.9 Å². The fraction of sp³-hybridized carbons (Fsp3) is 0.320. The predicted octanol–water partition coefficient (Wildman–Crippen LogP) is 5.13.